The molecule has 3 rings (SSSR count). The maximum Gasteiger partial charge on any atom is 0.263 e. The maximum absolute atomic E-state index is 14.3. The number of rotatable bonds is 7. The van der Waals surface area contributed by atoms with Crippen molar-refractivity contribution < 1.29 is 26.7 Å². The lowest BCUT2D eigenvalue weighted by molar-refractivity contribution is -0.115. The van der Waals surface area contributed by atoms with Gasteiger partial charge < -0.3 is 9.30 Å². The number of thiazole rings is 1. The molecule has 154 valence electrons. The smallest absolute Gasteiger partial charge is 0.263 e. The minimum absolute atomic E-state index is 0.0847. The number of aromatic nitrogens is 1. The first-order valence-corrected chi connectivity index (χ1v) is 11.2. The monoisotopic (exact) mass is 440 g/mol. The summed E-state index contributed by atoms with van der Waals surface area (Å²) in [4.78, 5) is 16.3. The quantitative estimate of drug-likeness (QED) is 0.566. The predicted octanol–water partition coefficient (Wildman–Crippen LogP) is 2.67. The molecule has 1 heterocycles. The van der Waals surface area contributed by atoms with Crippen molar-refractivity contribution in [2.24, 2.45) is 4.99 Å². The van der Waals surface area contributed by atoms with Crippen LogP contribution in [0.15, 0.2) is 47.5 Å². The number of amides is 1. The van der Waals surface area contributed by atoms with Crippen molar-refractivity contribution in [2.45, 2.75) is 12.3 Å². The van der Waals surface area contributed by atoms with E-state index in [9.17, 15) is 22.0 Å². The highest BCUT2D eigenvalue weighted by atomic mass is 32.2. The van der Waals surface area contributed by atoms with Gasteiger partial charge in [-0.2, -0.15) is 4.99 Å². The average molecular weight is 440 g/mol. The van der Waals surface area contributed by atoms with Gasteiger partial charge in [-0.1, -0.05) is 41.7 Å². The van der Waals surface area contributed by atoms with E-state index in [0.29, 0.717) is 5.56 Å². The predicted molar refractivity (Wildman–Crippen MR) is 106 cm³/mol. The molecular formula is C19H18F2N2O4S2. The third kappa shape index (κ3) is 5.34. The molecule has 1 amide bonds. The summed E-state index contributed by atoms with van der Waals surface area (Å²) in [5.41, 5.74) is 0.655. The molecule has 0 aliphatic rings. The van der Waals surface area contributed by atoms with Crippen LogP contribution in [0.1, 0.15) is 5.56 Å². The summed E-state index contributed by atoms with van der Waals surface area (Å²) in [7, 11) is -2.27. The molecule has 0 aliphatic carbocycles. The van der Waals surface area contributed by atoms with E-state index in [1.165, 1.54) is 11.7 Å². The molecule has 0 atom stereocenters. The highest BCUT2D eigenvalue weighted by Gasteiger charge is 2.19. The van der Waals surface area contributed by atoms with Crippen LogP contribution in [0.25, 0.3) is 10.2 Å². The molecule has 0 saturated heterocycles. The maximum atomic E-state index is 14.3. The van der Waals surface area contributed by atoms with Crippen LogP contribution in [0.5, 0.6) is 0 Å². The topological polar surface area (TPSA) is 77.7 Å². The van der Waals surface area contributed by atoms with Crippen molar-refractivity contribution in [2.75, 3.05) is 19.5 Å². The first-order chi connectivity index (χ1) is 13.8. The Balaban J connectivity index is 1.94. The molecule has 0 spiro atoms. The highest BCUT2D eigenvalue weighted by molar-refractivity contribution is 7.91. The Bertz CT molecular complexity index is 1200. The summed E-state index contributed by atoms with van der Waals surface area (Å²) in [5, 5.41) is 0. The first kappa shape index (κ1) is 21.3. The van der Waals surface area contributed by atoms with E-state index in [0.717, 1.165) is 23.5 Å². The van der Waals surface area contributed by atoms with Gasteiger partial charge in [-0.15, -0.1) is 0 Å². The lowest BCUT2D eigenvalue weighted by atomic mass is 10.2. The molecule has 6 nitrogen and oxygen atoms in total. The van der Waals surface area contributed by atoms with Crippen molar-refractivity contribution in [3.8, 4) is 0 Å². The molecule has 2 aromatic carbocycles. The second-order valence-corrected chi connectivity index (χ2v) is 9.36. The fraction of sp³-hybridized carbons (Fsp3) is 0.263. The third-order valence-corrected chi connectivity index (χ3v) is 6.49. The zero-order chi connectivity index (χ0) is 21.0. The van der Waals surface area contributed by atoms with Gasteiger partial charge in [0.1, 0.15) is 11.6 Å². The number of fused-ring (bicyclic) bond motifs is 1. The van der Waals surface area contributed by atoms with Gasteiger partial charge in [0.25, 0.3) is 5.91 Å². The van der Waals surface area contributed by atoms with Gasteiger partial charge in [0, 0.05) is 19.7 Å². The summed E-state index contributed by atoms with van der Waals surface area (Å²) >= 11 is 0.906. The molecule has 0 fully saturated rings. The lowest BCUT2D eigenvalue weighted by Crippen LogP contribution is -2.23. The van der Waals surface area contributed by atoms with Crippen molar-refractivity contribution in [3.05, 3.63) is 64.5 Å². The third-order valence-electron chi connectivity index (χ3n) is 4.01. The van der Waals surface area contributed by atoms with E-state index in [2.05, 4.69) is 4.99 Å². The van der Waals surface area contributed by atoms with Crippen LogP contribution in [0.2, 0.25) is 0 Å². The Morgan fingerprint density at radius 3 is 2.62 bits per heavy atom. The van der Waals surface area contributed by atoms with E-state index in [1.54, 1.807) is 30.3 Å². The van der Waals surface area contributed by atoms with Crippen LogP contribution in [-0.2, 0) is 31.7 Å². The Morgan fingerprint density at radius 1 is 1.21 bits per heavy atom. The summed E-state index contributed by atoms with van der Waals surface area (Å²) < 4.78 is 59.1. The number of carbonyl (C=O) groups excluding carboxylic acids is 1. The lowest BCUT2D eigenvalue weighted by Gasteiger charge is -2.05. The Labute approximate surface area is 170 Å². The second-order valence-electron chi connectivity index (χ2n) is 6.29. The van der Waals surface area contributed by atoms with Crippen molar-refractivity contribution in [3.63, 3.8) is 0 Å². The molecular weight excluding hydrogens is 422 g/mol. The summed E-state index contributed by atoms with van der Waals surface area (Å²) in [6.45, 7) is 0.373. The van der Waals surface area contributed by atoms with Crippen LogP contribution in [0, 0.1) is 11.6 Å². The van der Waals surface area contributed by atoms with Gasteiger partial charge >= 0.3 is 0 Å². The SMILES string of the molecule is COCCn1c(=NC(=O)CS(=O)(=O)Cc2ccccc2)sc2cc(F)cc(F)c21. The largest absolute Gasteiger partial charge is 0.383 e. The molecule has 0 unspecified atom stereocenters. The minimum atomic E-state index is -3.74. The number of sulfone groups is 1. The molecule has 0 N–H and O–H groups in total. The highest BCUT2D eigenvalue weighted by Crippen LogP contribution is 2.22. The molecule has 1 aromatic heterocycles. The van der Waals surface area contributed by atoms with Gasteiger partial charge in [-0.05, 0) is 11.6 Å². The Morgan fingerprint density at radius 2 is 1.93 bits per heavy atom. The van der Waals surface area contributed by atoms with Crippen LogP contribution in [-0.4, -0.2) is 38.4 Å². The number of hydrogen-bond donors (Lipinski definition) is 0. The fourth-order valence-electron chi connectivity index (χ4n) is 2.81. The molecule has 3 aromatic rings. The number of hydrogen-bond acceptors (Lipinski definition) is 5. The van der Waals surface area contributed by atoms with Crippen LogP contribution >= 0.6 is 11.3 Å². The van der Waals surface area contributed by atoms with E-state index in [1.807, 2.05) is 0 Å². The van der Waals surface area contributed by atoms with Gasteiger partial charge in [0.05, 0.1) is 22.6 Å². The fourth-order valence-corrected chi connectivity index (χ4v) is 5.17. The van der Waals surface area contributed by atoms with E-state index in [-0.39, 0.29) is 33.9 Å². The van der Waals surface area contributed by atoms with E-state index in [4.69, 9.17) is 4.74 Å². The first-order valence-electron chi connectivity index (χ1n) is 8.58. The molecule has 0 aliphatic heterocycles. The van der Waals surface area contributed by atoms with Gasteiger partial charge in [-0.3, -0.25) is 4.79 Å². The normalized spacial score (nSPS) is 12.6. The molecule has 0 saturated carbocycles. The van der Waals surface area contributed by atoms with Gasteiger partial charge in [0.2, 0.25) is 0 Å². The molecule has 0 bridgehead atoms. The average Bonchev–Trinajstić information content (AvgIpc) is 2.96. The number of methoxy groups -OCH3 is 1. The zero-order valence-electron chi connectivity index (χ0n) is 15.5. The number of carbonyl (C=O) groups is 1. The van der Waals surface area contributed by atoms with Gasteiger partial charge in [0.15, 0.2) is 20.5 Å². The van der Waals surface area contributed by atoms with E-state index >= 15 is 0 Å². The summed E-state index contributed by atoms with van der Waals surface area (Å²) in [6.07, 6.45) is 0. The zero-order valence-corrected chi connectivity index (χ0v) is 17.1. The van der Waals surface area contributed by atoms with Crippen molar-refractivity contribution in [1.82, 2.24) is 4.57 Å². The number of benzene rings is 2. The molecule has 29 heavy (non-hydrogen) atoms. The Hall–Kier alpha value is -2.43. The summed E-state index contributed by atoms with van der Waals surface area (Å²) in [6, 6.07) is 10.4. The standard InChI is InChI=1S/C19H18F2N2O4S2/c1-27-8-7-23-18-15(21)9-14(20)10-16(18)28-19(23)22-17(24)12-29(25,26)11-13-5-3-2-4-6-13/h2-6,9-10H,7-8,11-12H2,1H3. The van der Waals surface area contributed by atoms with Crippen LogP contribution in [0.3, 0.4) is 0 Å². The number of nitrogens with zero attached hydrogens (tertiary/aromatic N) is 2. The number of ether oxygens (including phenoxy) is 1. The van der Waals surface area contributed by atoms with E-state index < -0.39 is 33.1 Å². The second kappa shape index (κ2) is 8.93. The Kier molecular flexibility index (Phi) is 6.56. The van der Waals surface area contributed by atoms with Crippen LogP contribution < -0.4 is 4.80 Å². The van der Waals surface area contributed by atoms with Crippen molar-refractivity contribution in [1.29, 1.82) is 0 Å². The number of halogens is 2. The van der Waals surface area contributed by atoms with Crippen molar-refractivity contribution >= 4 is 37.3 Å². The van der Waals surface area contributed by atoms with Crippen LogP contribution in [0.4, 0.5) is 8.78 Å². The minimum Gasteiger partial charge on any atom is -0.383 e. The molecule has 0 radical (unpaired) electrons. The molecule has 10 heteroatoms. The summed E-state index contributed by atoms with van der Waals surface area (Å²) in [5.74, 6) is -3.49. The van der Waals surface area contributed by atoms with Gasteiger partial charge in [-0.25, -0.2) is 17.2 Å².